The Morgan fingerprint density at radius 1 is 1.32 bits per heavy atom. The molecule has 0 amide bonds. The number of hydrogen-bond acceptors (Lipinski definition) is 4. The molecule has 1 aromatic carbocycles. The second-order valence-corrected chi connectivity index (χ2v) is 4.86. The Bertz CT molecular complexity index is 411. The van der Waals surface area contributed by atoms with E-state index >= 15 is 0 Å². The highest BCUT2D eigenvalue weighted by Crippen LogP contribution is 2.29. The molecule has 3 N–H and O–H groups in total. The number of hydrogen-bond donors (Lipinski definition) is 2. The molecular formula is C14H23FN2O2. The van der Waals surface area contributed by atoms with Crippen LogP contribution in [-0.2, 0) is 4.74 Å². The van der Waals surface area contributed by atoms with E-state index in [1.54, 1.807) is 13.2 Å². The van der Waals surface area contributed by atoms with Gasteiger partial charge in [-0.05, 0) is 27.2 Å². The monoisotopic (exact) mass is 270 g/mol. The van der Waals surface area contributed by atoms with Crippen molar-refractivity contribution in [2.45, 2.75) is 39.3 Å². The van der Waals surface area contributed by atoms with Gasteiger partial charge in [-0.1, -0.05) is 0 Å². The van der Waals surface area contributed by atoms with Crippen LogP contribution in [0.3, 0.4) is 0 Å². The summed E-state index contributed by atoms with van der Waals surface area (Å²) < 4.78 is 24.1. The van der Waals surface area contributed by atoms with Gasteiger partial charge in [0.05, 0.1) is 17.5 Å². The molecule has 0 aromatic heterocycles. The van der Waals surface area contributed by atoms with E-state index in [1.165, 1.54) is 6.07 Å². The molecule has 1 rings (SSSR count). The summed E-state index contributed by atoms with van der Waals surface area (Å²) in [4.78, 5) is 0. The van der Waals surface area contributed by atoms with Crippen molar-refractivity contribution < 1.29 is 13.9 Å². The second-order valence-electron chi connectivity index (χ2n) is 4.86. The molecule has 0 saturated carbocycles. The number of anilines is 2. The van der Waals surface area contributed by atoms with Gasteiger partial charge in [0.1, 0.15) is 0 Å². The number of nitrogens with one attached hydrogen (secondary N) is 1. The van der Waals surface area contributed by atoms with Crippen molar-refractivity contribution in [3.63, 3.8) is 0 Å². The lowest BCUT2D eigenvalue weighted by Crippen LogP contribution is -2.18. The van der Waals surface area contributed by atoms with Gasteiger partial charge in [-0.2, -0.15) is 0 Å². The maximum Gasteiger partial charge on any atom is 0.167 e. The number of nitrogen functional groups attached to an aromatic ring is 1. The average molecular weight is 270 g/mol. The molecule has 0 spiro atoms. The molecule has 1 atom stereocenters. The number of rotatable bonds is 7. The van der Waals surface area contributed by atoms with E-state index in [-0.39, 0.29) is 17.9 Å². The number of halogens is 1. The van der Waals surface area contributed by atoms with Crippen LogP contribution in [0, 0.1) is 5.82 Å². The van der Waals surface area contributed by atoms with Crippen molar-refractivity contribution in [1.29, 1.82) is 0 Å². The fourth-order valence-electron chi connectivity index (χ4n) is 1.67. The molecule has 0 aliphatic heterocycles. The van der Waals surface area contributed by atoms with Gasteiger partial charge >= 0.3 is 0 Å². The van der Waals surface area contributed by atoms with Crippen LogP contribution in [0.1, 0.15) is 27.2 Å². The normalized spacial score (nSPS) is 12.5. The first kappa shape index (κ1) is 15.6. The summed E-state index contributed by atoms with van der Waals surface area (Å²) >= 11 is 0. The number of ether oxygens (including phenoxy) is 2. The van der Waals surface area contributed by atoms with E-state index < -0.39 is 5.82 Å². The van der Waals surface area contributed by atoms with Crippen LogP contribution in [0.2, 0.25) is 0 Å². The van der Waals surface area contributed by atoms with Crippen molar-refractivity contribution in [3.05, 3.63) is 17.9 Å². The molecule has 1 aromatic rings. The Balaban J connectivity index is 2.82. The zero-order chi connectivity index (χ0) is 14.4. The molecule has 0 heterocycles. The third-order valence-corrected chi connectivity index (χ3v) is 2.62. The Hall–Kier alpha value is -1.49. The quantitative estimate of drug-likeness (QED) is 0.748. The van der Waals surface area contributed by atoms with Gasteiger partial charge in [-0.15, -0.1) is 0 Å². The minimum Gasteiger partial charge on any atom is -0.488 e. The fraction of sp³-hybridized carbons (Fsp3) is 0.571. The topological polar surface area (TPSA) is 56.5 Å². The molecule has 0 aliphatic rings. The maximum atomic E-state index is 13.7. The summed E-state index contributed by atoms with van der Waals surface area (Å²) in [5.41, 5.74) is 6.86. The van der Waals surface area contributed by atoms with Gasteiger partial charge in [-0.25, -0.2) is 4.39 Å². The minimum absolute atomic E-state index is 0.0862. The highest BCUT2D eigenvalue weighted by molar-refractivity contribution is 5.68. The van der Waals surface area contributed by atoms with Gasteiger partial charge in [0.15, 0.2) is 11.6 Å². The fourth-order valence-corrected chi connectivity index (χ4v) is 1.67. The smallest absolute Gasteiger partial charge is 0.167 e. The van der Waals surface area contributed by atoms with Crippen LogP contribution in [0.25, 0.3) is 0 Å². The van der Waals surface area contributed by atoms with E-state index in [4.69, 9.17) is 15.2 Å². The standard InChI is InChI=1S/C14H23FN2O2/c1-9(2)19-14-8-13(12(16)7-11(14)15)17-10(3)5-6-18-4/h7-10,17H,5-6,16H2,1-4H3. The highest BCUT2D eigenvalue weighted by Gasteiger charge is 2.12. The lowest BCUT2D eigenvalue weighted by Gasteiger charge is -2.18. The Kier molecular flexibility index (Phi) is 5.89. The van der Waals surface area contributed by atoms with Gasteiger partial charge < -0.3 is 20.5 Å². The SMILES string of the molecule is COCCC(C)Nc1cc(OC(C)C)c(F)cc1N. The first-order chi connectivity index (χ1) is 8.93. The van der Waals surface area contributed by atoms with Crippen LogP contribution in [0.4, 0.5) is 15.8 Å². The predicted octanol–water partition coefficient (Wildman–Crippen LogP) is 3.03. The second kappa shape index (κ2) is 7.19. The summed E-state index contributed by atoms with van der Waals surface area (Å²) in [5.74, 6) is -0.230. The Morgan fingerprint density at radius 2 is 2.00 bits per heavy atom. The Labute approximate surface area is 114 Å². The molecular weight excluding hydrogens is 247 g/mol. The number of nitrogens with two attached hydrogens (primary N) is 1. The lowest BCUT2D eigenvalue weighted by molar-refractivity contribution is 0.191. The van der Waals surface area contributed by atoms with Crippen molar-refractivity contribution >= 4 is 11.4 Å². The van der Waals surface area contributed by atoms with Crippen LogP contribution in [0.15, 0.2) is 12.1 Å². The van der Waals surface area contributed by atoms with Crippen LogP contribution >= 0.6 is 0 Å². The molecule has 0 saturated heterocycles. The Morgan fingerprint density at radius 3 is 2.58 bits per heavy atom. The van der Waals surface area contributed by atoms with Crippen LogP contribution in [-0.4, -0.2) is 25.9 Å². The first-order valence-corrected chi connectivity index (χ1v) is 6.45. The van der Waals surface area contributed by atoms with Crippen molar-refractivity contribution in [2.75, 3.05) is 24.8 Å². The zero-order valence-corrected chi connectivity index (χ0v) is 12.0. The van der Waals surface area contributed by atoms with Crippen LogP contribution in [0.5, 0.6) is 5.75 Å². The summed E-state index contributed by atoms with van der Waals surface area (Å²) in [6.45, 7) is 6.38. The highest BCUT2D eigenvalue weighted by atomic mass is 19.1. The largest absolute Gasteiger partial charge is 0.488 e. The van der Waals surface area contributed by atoms with E-state index in [2.05, 4.69) is 5.32 Å². The summed E-state index contributed by atoms with van der Waals surface area (Å²) in [7, 11) is 1.66. The third kappa shape index (κ3) is 4.95. The van der Waals surface area contributed by atoms with Crippen molar-refractivity contribution in [1.82, 2.24) is 0 Å². The molecule has 0 fully saturated rings. The predicted molar refractivity (Wildman–Crippen MR) is 76.2 cm³/mol. The third-order valence-electron chi connectivity index (χ3n) is 2.62. The zero-order valence-electron chi connectivity index (χ0n) is 12.0. The van der Waals surface area contributed by atoms with E-state index in [0.29, 0.717) is 18.0 Å². The molecule has 0 radical (unpaired) electrons. The maximum absolute atomic E-state index is 13.7. The van der Waals surface area contributed by atoms with Crippen LogP contribution < -0.4 is 15.8 Å². The van der Waals surface area contributed by atoms with Gasteiger partial charge in [-0.3, -0.25) is 0 Å². The summed E-state index contributed by atoms with van der Waals surface area (Å²) in [6, 6.07) is 3.07. The lowest BCUT2D eigenvalue weighted by atomic mass is 10.2. The van der Waals surface area contributed by atoms with Crippen molar-refractivity contribution in [3.8, 4) is 5.75 Å². The van der Waals surface area contributed by atoms with E-state index in [0.717, 1.165) is 6.42 Å². The van der Waals surface area contributed by atoms with Gasteiger partial charge in [0.2, 0.25) is 0 Å². The molecule has 108 valence electrons. The molecule has 4 nitrogen and oxygen atoms in total. The van der Waals surface area contributed by atoms with E-state index in [1.807, 2.05) is 20.8 Å². The van der Waals surface area contributed by atoms with E-state index in [9.17, 15) is 4.39 Å². The molecule has 5 heteroatoms. The average Bonchev–Trinajstić information content (AvgIpc) is 2.32. The molecule has 19 heavy (non-hydrogen) atoms. The minimum atomic E-state index is -0.443. The molecule has 0 aliphatic carbocycles. The first-order valence-electron chi connectivity index (χ1n) is 6.45. The van der Waals surface area contributed by atoms with Crippen molar-refractivity contribution in [2.24, 2.45) is 0 Å². The summed E-state index contributed by atoms with van der Waals surface area (Å²) in [5, 5.41) is 3.23. The number of methoxy groups -OCH3 is 1. The van der Waals surface area contributed by atoms with Gasteiger partial charge in [0, 0.05) is 31.9 Å². The summed E-state index contributed by atoms with van der Waals surface area (Å²) in [6.07, 6.45) is 0.755. The van der Waals surface area contributed by atoms with Gasteiger partial charge in [0.25, 0.3) is 0 Å². The molecule has 1 unspecified atom stereocenters. The molecule has 0 bridgehead atoms. The number of benzene rings is 1.